The van der Waals surface area contributed by atoms with Gasteiger partial charge in [-0.05, 0) is 38.9 Å². The lowest BCUT2D eigenvalue weighted by Crippen LogP contribution is -2.65. The van der Waals surface area contributed by atoms with Gasteiger partial charge in [0.05, 0.1) is 52.9 Å². The molecule has 6 aromatic carbocycles. The zero-order chi connectivity index (χ0) is 45.9. The molecular weight excluding hydrogens is 854 g/mol. The van der Waals surface area contributed by atoms with E-state index in [0.717, 1.165) is 33.4 Å². The van der Waals surface area contributed by atoms with Crippen molar-refractivity contribution in [2.45, 2.75) is 101 Å². The minimum atomic E-state index is -2.09. The summed E-state index contributed by atoms with van der Waals surface area (Å²) in [6.45, 7) is 1.21. The van der Waals surface area contributed by atoms with Gasteiger partial charge in [0.25, 0.3) is 0 Å². The molecule has 0 bridgehead atoms. The summed E-state index contributed by atoms with van der Waals surface area (Å²) in [6.07, 6.45) is -10.1. The van der Waals surface area contributed by atoms with Crippen molar-refractivity contribution < 1.29 is 47.0 Å². The lowest BCUT2D eigenvalue weighted by molar-refractivity contribution is -0.356. The molecule has 8 rings (SSSR count). The fourth-order valence-electron chi connectivity index (χ4n) is 8.20. The van der Waals surface area contributed by atoms with Gasteiger partial charge in [-0.25, -0.2) is 4.39 Å². The molecule has 67 heavy (non-hydrogen) atoms. The molecule has 0 unspecified atom stereocenters. The van der Waals surface area contributed by atoms with Crippen LogP contribution in [0, 0.1) is 0 Å². The van der Waals surface area contributed by atoms with Gasteiger partial charge in [-0.3, -0.25) is 0 Å². The van der Waals surface area contributed by atoms with Gasteiger partial charge in [0, 0.05) is 4.91 Å². The lowest BCUT2D eigenvalue weighted by atomic mass is 9.95. The normalized spacial score (nSPS) is 25.0. The average molecular weight is 910 g/mol. The number of ether oxygens (including phenoxy) is 9. The second-order valence-electron chi connectivity index (χ2n) is 16.4. The number of benzene rings is 6. The van der Waals surface area contributed by atoms with Gasteiger partial charge in [0.2, 0.25) is 6.36 Å². The maximum Gasteiger partial charge on any atom is 0.210 e. The van der Waals surface area contributed by atoms with Crippen LogP contribution in [0.15, 0.2) is 187 Å². The fourth-order valence-corrected chi connectivity index (χ4v) is 8.20. The molecule has 2 heterocycles. The SMILES string of the molecule is [N-]=[N+]=N[C@@H]1[C@@H](O[C@@H]2O[C@H](COCc3ccccc3)[C@H](OCc3ccccc3)[C@H](OCc3ccccc3)[C@H]2OCc2ccccc2)[C@@H](OCc2ccccc2)[C@@H](COCc2ccccc2)O[C@@H]1F. The van der Waals surface area contributed by atoms with E-state index in [1.54, 1.807) is 0 Å². The van der Waals surface area contributed by atoms with E-state index >= 15 is 4.39 Å². The predicted molar refractivity (Wildman–Crippen MR) is 249 cm³/mol. The molecule has 10 atom stereocenters. The van der Waals surface area contributed by atoms with Crippen molar-refractivity contribution in [3.05, 3.63) is 226 Å². The van der Waals surface area contributed by atoms with Gasteiger partial charge in [-0.15, -0.1) is 0 Å². The highest BCUT2D eigenvalue weighted by molar-refractivity contribution is 5.18. The van der Waals surface area contributed by atoms with E-state index in [0.29, 0.717) is 6.61 Å². The smallest absolute Gasteiger partial charge is 0.210 e. The van der Waals surface area contributed by atoms with Crippen molar-refractivity contribution in [3.63, 3.8) is 0 Å². The molecule has 0 spiro atoms. The van der Waals surface area contributed by atoms with Gasteiger partial charge >= 0.3 is 0 Å². The first-order chi connectivity index (χ1) is 33.1. The van der Waals surface area contributed by atoms with Crippen LogP contribution >= 0.6 is 0 Å². The van der Waals surface area contributed by atoms with E-state index in [9.17, 15) is 5.53 Å². The Kier molecular flexibility index (Phi) is 18.1. The third-order valence-electron chi connectivity index (χ3n) is 11.6. The average Bonchev–Trinajstić information content (AvgIpc) is 3.37. The molecule has 0 aliphatic carbocycles. The summed E-state index contributed by atoms with van der Waals surface area (Å²) in [6, 6.07) is 56.9. The highest BCUT2D eigenvalue weighted by Crippen LogP contribution is 2.37. The fraction of sp³-hybridized carbons (Fsp3) is 0.333. The molecule has 2 fully saturated rings. The number of alkyl halides is 1. The molecule has 2 aliphatic heterocycles. The highest BCUT2D eigenvalue weighted by atomic mass is 19.1. The Labute approximate surface area is 391 Å². The van der Waals surface area contributed by atoms with E-state index in [-0.39, 0.29) is 46.2 Å². The van der Waals surface area contributed by atoms with E-state index in [1.807, 2.05) is 182 Å². The molecule has 2 aliphatic rings. The number of hydrogen-bond donors (Lipinski definition) is 0. The number of rotatable bonds is 23. The third kappa shape index (κ3) is 13.9. The Bertz CT molecular complexity index is 2360. The Balaban J connectivity index is 1.16. The summed E-state index contributed by atoms with van der Waals surface area (Å²) in [7, 11) is 0. The standard InChI is InChI=1S/C54H56FN3O9/c55-53-47(57-58-56)50(48(61-33-41-23-11-3-12-24-41)45(65-53)37-59-31-39-19-7-1-8-20-39)67-54-52(64-36-44-29-17-6-18-30-44)51(63-35-43-27-15-5-16-28-43)49(62-34-42-25-13-4-14-26-42)46(66-54)38-60-32-40-21-9-2-10-22-40/h1-30,45-54H,31-38H2/t45-,46-,47-,48+,49+,50-,51+,52-,53+,54+/m1/s1. The Morgan fingerprint density at radius 1 is 0.418 bits per heavy atom. The van der Waals surface area contributed by atoms with Crippen LogP contribution in [-0.2, 0) is 82.3 Å². The van der Waals surface area contributed by atoms with Crippen molar-refractivity contribution in [3.8, 4) is 0 Å². The third-order valence-corrected chi connectivity index (χ3v) is 11.6. The Morgan fingerprint density at radius 2 is 0.746 bits per heavy atom. The largest absolute Gasteiger partial charge is 0.374 e. The van der Waals surface area contributed by atoms with Crippen LogP contribution < -0.4 is 0 Å². The minimum absolute atomic E-state index is 0.0635. The summed E-state index contributed by atoms with van der Waals surface area (Å²) < 4.78 is 76.4. The lowest BCUT2D eigenvalue weighted by Gasteiger charge is -2.49. The van der Waals surface area contributed by atoms with E-state index in [4.69, 9.17) is 42.6 Å². The Morgan fingerprint density at radius 3 is 1.13 bits per heavy atom. The van der Waals surface area contributed by atoms with Crippen molar-refractivity contribution >= 4 is 0 Å². The monoisotopic (exact) mass is 909 g/mol. The number of hydrogen-bond acceptors (Lipinski definition) is 10. The van der Waals surface area contributed by atoms with Gasteiger partial charge in [-0.1, -0.05) is 187 Å². The zero-order valence-electron chi connectivity index (χ0n) is 37.1. The maximum absolute atomic E-state index is 16.5. The van der Waals surface area contributed by atoms with Crippen LogP contribution in [0.5, 0.6) is 0 Å². The van der Waals surface area contributed by atoms with Gasteiger partial charge in [-0.2, -0.15) is 0 Å². The summed E-state index contributed by atoms with van der Waals surface area (Å²) in [4.78, 5) is 3.06. The van der Waals surface area contributed by atoms with Crippen LogP contribution in [0.3, 0.4) is 0 Å². The van der Waals surface area contributed by atoms with Gasteiger partial charge < -0.3 is 42.6 Å². The number of nitrogens with zero attached hydrogens (tertiary/aromatic N) is 3. The van der Waals surface area contributed by atoms with Crippen LogP contribution in [0.25, 0.3) is 10.4 Å². The van der Waals surface area contributed by atoms with Crippen molar-refractivity contribution in [2.75, 3.05) is 13.2 Å². The number of azide groups is 1. The van der Waals surface area contributed by atoms with Crippen LogP contribution in [0.2, 0.25) is 0 Å². The topological polar surface area (TPSA) is 132 Å². The Hall–Kier alpha value is -5.80. The molecule has 0 N–H and O–H groups in total. The first-order valence-corrected chi connectivity index (χ1v) is 22.6. The molecular formula is C54H56FN3O9. The first-order valence-electron chi connectivity index (χ1n) is 22.6. The van der Waals surface area contributed by atoms with Crippen LogP contribution in [0.1, 0.15) is 33.4 Å². The molecule has 2 saturated heterocycles. The molecule has 0 saturated carbocycles. The minimum Gasteiger partial charge on any atom is -0.374 e. The van der Waals surface area contributed by atoms with E-state index in [2.05, 4.69) is 10.0 Å². The first kappa shape index (κ1) is 47.7. The van der Waals surface area contributed by atoms with Gasteiger partial charge in [0.1, 0.15) is 48.8 Å². The van der Waals surface area contributed by atoms with Crippen molar-refractivity contribution in [1.82, 2.24) is 0 Å². The summed E-state index contributed by atoms with van der Waals surface area (Å²) in [5, 5.41) is 3.93. The van der Waals surface area contributed by atoms with Crippen molar-refractivity contribution in [1.29, 1.82) is 0 Å². The summed E-state index contributed by atoms with van der Waals surface area (Å²) >= 11 is 0. The van der Waals surface area contributed by atoms with Crippen molar-refractivity contribution in [2.24, 2.45) is 5.11 Å². The van der Waals surface area contributed by atoms with Gasteiger partial charge in [0.15, 0.2) is 6.29 Å². The molecule has 348 valence electrons. The summed E-state index contributed by atoms with van der Waals surface area (Å²) in [5.74, 6) is 0. The molecule has 6 aromatic rings. The second kappa shape index (κ2) is 25.4. The molecule has 13 heteroatoms. The predicted octanol–water partition coefficient (Wildman–Crippen LogP) is 10.2. The number of halogens is 1. The second-order valence-corrected chi connectivity index (χ2v) is 16.4. The molecule has 0 radical (unpaired) electrons. The molecule has 0 amide bonds. The quantitative estimate of drug-likeness (QED) is 0.0350. The van der Waals surface area contributed by atoms with Crippen LogP contribution in [0.4, 0.5) is 4.39 Å². The highest BCUT2D eigenvalue weighted by Gasteiger charge is 2.54. The van der Waals surface area contributed by atoms with Crippen LogP contribution in [-0.4, -0.2) is 74.6 Å². The zero-order valence-corrected chi connectivity index (χ0v) is 37.1. The van der Waals surface area contributed by atoms with E-state index in [1.165, 1.54) is 0 Å². The molecule has 0 aromatic heterocycles. The summed E-state index contributed by atoms with van der Waals surface area (Å²) in [5.41, 5.74) is 15.4. The maximum atomic E-state index is 16.5. The molecule has 12 nitrogen and oxygen atoms in total. The van der Waals surface area contributed by atoms with E-state index < -0.39 is 61.4 Å².